The number of fused-ring (bicyclic) bond motifs is 7. The smallest absolute Gasteiger partial charge is 0.0714 e. The maximum Gasteiger partial charge on any atom is 0.0714 e. The van der Waals surface area contributed by atoms with E-state index in [-0.39, 0.29) is 0 Å². The molecule has 0 fully saturated rings. The van der Waals surface area contributed by atoms with Crippen LogP contribution in [0, 0.1) is 0 Å². The Morgan fingerprint density at radius 2 is 0.964 bits per heavy atom. The monoisotopic (exact) mass is 700 g/mol. The molecule has 0 N–H and O–H groups in total. The molecule has 10 aromatic rings. The fraction of sp³-hybridized carbons (Fsp3) is 0.0189. The molecule has 0 saturated carbocycles. The summed E-state index contributed by atoms with van der Waals surface area (Å²) in [6, 6.07) is 80.1. The summed E-state index contributed by atoms with van der Waals surface area (Å²) in [6.45, 7) is 0. The topological polar surface area (TPSA) is 8.17 Å². The van der Waals surface area contributed by atoms with Gasteiger partial charge in [0.25, 0.3) is 0 Å². The second-order valence-corrected chi connectivity index (χ2v) is 14.5. The molecule has 0 atom stereocenters. The lowest BCUT2D eigenvalue weighted by Gasteiger charge is -2.34. The van der Waals surface area contributed by atoms with Crippen LogP contribution in [0.3, 0.4) is 0 Å². The molecule has 258 valence electrons. The maximum atomic E-state index is 2.49. The van der Waals surface area contributed by atoms with Gasteiger partial charge in [-0.3, -0.25) is 0 Å². The molecule has 1 aromatic heterocycles. The molecule has 0 unspecified atom stereocenters. The van der Waals surface area contributed by atoms with Gasteiger partial charge in [0.2, 0.25) is 0 Å². The molecule has 0 bridgehead atoms. The minimum atomic E-state index is -0.493. The highest BCUT2D eigenvalue weighted by Crippen LogP contribution is 2.59. The number of hydrogen-bond acceptors (Lipinski definition) is 1. The van der Waals surface area contributed by atoms with Crippen molar-refractivity contribution in [2.24, 2.45) is 0 Å². The van der Waals surface area contributed by atoms with Gasteiger partial charge in [0.15, 0.2) is 0 Å². The first-order valence-electron chi connectivity index (χ1n) is 19.0. The first-order valence-corrected chi connectivity index (χ1v) is 19.0. The number of aromatic nitrogens is 1. The normalized spacial score (nSPS) is 12.9. The minimum absolute atomic E-state index is 0.493. The average Bonchev–Trinajstić information content (AvgIpc) is 3.76. The molecule has 9 aromatic carbocycles. The van der Waals surface area contributed by atoms with Gasteiger partial charge in [-0.25, -0.2) is 0 Å². The molecule has 1 aliphatic carbocycles. The molecule has 1 aliphatic rings. The highest BCUT2D eigenvalue weighted by atomic mass is 15.1. The van der Waals surface area contributed by atoms with Crippen molar-refractivity contribution < 1.29 is 0 Å². The SMILES string of the molecule is c1ccc(-n2c3ccccc3c3cc(N(c4ccc5ccccc5c4)c4cccc5c4-c4ccccc4C5(c4ccccc4)c4ccccc4)ccc32)cc1. The van der Waals surface area contributed by atoms with Gasteiger partial charge in [0, 0.05) is 33.4 Å². The van der Waals surface area contributed by atoms with Gasteiger partial charge in [-0.05, 0) is 93.2 Å². The second-order valence-electron chi connectivity index (χ2n) is 14.5. The van der Waals surface area contributed by atoms with E-state index in [0.29, 0.717) is 0 Å². The number of para-hydroxylation sites is 2. The van der Waals surface area contributed by atoms with Gasteiger partial charge >= 0.3 is 0 Å². The third kappa shape index (κ3) is 4.68. The predicted octanol–water partition coefficient (Wildman–Crippen LogP) is 13.8. The van der Waals surface area contributed by atoms with Crippen LogP contribution in [0.5, 0.6) is 0 Å². The summed E-state index contributed by atoms with van der Waals surface area (Å²) in [5.41, 5.74) is 14.1. The summed E-state index contributed by atoms with van der Waals surface area (Å²) in [7, 11) is 0. The highest BCUT2D eigenvalue weighted by Gasteiger charge is 2.47. The Bertz CT molecular complexity index is 2990. The number of hydrogen-bond donors (Lipinski definition) is 0. The largest absolute Gasteiger partial charge is 0.310 e. The molecule has 0 saturated heterocycles. The van der Waals surface area contributed by atoms with Crippen molar-refractivity contribution >= 4 is 49.6 Å². The zero-order valence-corrected chi connectivity index (χ0v) is 30.2. The van der Waals surface area contributed by atoms with Crippen LogP contribution in [-0.4, -0.2) is 4.57 Å². The molecule has 0 radical (unpaired) electrons. The molecule has 2 nitrogen and oxygen atoms in total. The van der Waals surface area contributed by atoms with Gasteiger partial charge in [-0.1, -0.05) is 164 Å². The van der Waals surface area contributed by atoms with Crippen molar-refractivity contribution in [2.75, 3.05) is 4.90 Å². The second kappa shape index (κ2) is 12.5. The number of benzene rings is 9. The lowest BCUT2D eigenvalue weighted by atomic mass is 9.68. The Balaban J connectivity index is 1.23. The Hall–Kier alpha value is -7.16. The van der Waals surface area contributed by atoms with Crippen LogP contribution in [0.25, 0.3) is 49.4 Å². The van der Waals surface area contributed by atoms with Crippen molar-refractivity contribution in [1.82, 2.24) is 4.57 Å². The molecule has 0 amide bonds. The highest BCUT2D eigenvalue weighted by molar-refractivity contribution is 6.11. The van der Waals surface area contributed by atoms with Crippen LogP contribution in [-0.2, 0) is 5.41 Å². The van der Waals surface area contributed by atoms with E-state index in [9.17, 15) is 0 Å². The van der Waals surface area contributed by atoms with Gasteiger partial charge in [-0.15, -0.1) is 0 Å². The third-order valence-electron chi connectivity index (χ3n) is 11.6. The van der Waals surface area contributed by atoms with Crippen molar-refractivity contribution in [3.63, 3.8) is 0 Å². The van der Waals surface area contributed by atoms with Crippen LogP contribution in [0.1, 0.15) is 22.3 Å². The summed E-state index contributed by atoms with van der Waals surface area (Å²) in [4.78, 5) is 2.49. The molecule has 11 rings (SSSR count). The Morgan fingerprint density at radius 1 is 0.382 bits per heavy atom. The van der Waals surface area contributed by atoms with Crippen LogP contribution in [0.4, 0.5) is 17.1 Å². The molecule has 0 aliphatic heterocycles. The van der Waals surface area contributed by atoms with E-state index >= 15 is 0 Å². The summed E-state index contributed by atoms with van der Waals surface area (Å²) in [5.74, 6) is 0. The summed E-state index contributed by atoms with van der Waals surface area (Å²) in [5, 5.41) is 4.89. The number of anilines is 3. The summed E-state index contributed by atoms with van der Waals surface area (Å²) >= 11 is 0. The lowest BCUT2D eigenvalue weighted by molar-refractivity contribution is 0.768. The van der Waals surface area contributed by atoms with Gasteiger partial charge in [-0.2, -0.15) is 0 Å². The van der Waals surface area contributed by atoms with E-state index in [1.165, 1.54) is 66.0 Å². The standard InChI is InChI=1S/C53H36N2/c1-4-19-39(20-5-1)53(40-21-6-2-7-22-40)47-27-14-12-26-45(47)52-48(53)28-16-30-51(52)54(42-32-31-37-17-10-11-18-38(37)35-42)43-33-34-50-46(36-43)44-25-13-15-29-49(44)55(50)41-23-8-3-9-24-41/h1-36H. The van der Waals surface area contributed by atoms with Gasteiger partial charge in [0.05, 0.1) is 22.1 Å². The third-order valence-corrected chi connectivity index (χ3v) is 11.6. The molecule has 1 heterocycles. The predicted molar refractivity (Wildman–Crippen MR) is 230 cm³/mol. The van der Waals surface area contributed by atoms with E-state index in [1.807, 2.05) is 0 Å². The Morgan fingerprint density at radius 3 is 1.75 bits per heavy atom. The van der Waals surface area contributed by atoms with Gasteiger partial charge < -0.3 is 9.47 Å². The molecule has 55 heavy (non-hydrogen) atoms. The van der Waals surface area contributed by atoms with Crippen molar-refractivity contribution in [2.45, 2.75) is 5.41 Å². The van der Waals surface area contributed by atoms with E-state index in [4.69, 9.17) is 0 Å². The van der Waals surface area contributed by atoms with E-state index in [1.54, 1.807) is 0 Å². The Kier molecular flexibility index (Phi) is 7.11. The number of nitrogens with zero attached hydrogens (tertiary/aromatic N) is 2. The number of rotatable bonds is 6. The summed E-state index contributed by atoms with van der Waals surface area (Å²) in [6.07, 6.45) is 0. The van der Waals surface area contributed by atoms with E-state index in [2.05, 4.69) is 228 Å². The zero-order valence-electron chi connectivity index (χ0n) is 30.2. The maximum absolute atomic E-state index is 2.49. The first kappa shape index (κ1) is 31.4. The molecule has 0 spiro atoms. The quantitative estimate of drug-likeness (QED) is 0.168. The average molecular weight is 701 g/mol. The van der Waals surface area contributed by atoms with Crippen molar-refractivity contribution in [3.8, 4) is 16.8 Å². The van der Waals surface area contributed by atoms with Crippen LogP contribution in [0.15, 0.2) is 218 Å². The minimum Gasteiger partial charge on any atom is -0.310 e. The van der Waals surface area contributed by atoms with Gasteiger partial charge in [0.1, 0.15) is 0 Å². The van der Waals surface area contributed by atoms with Crippen molar-refractivity contribution in [3.05, 3.63) is 241 Å². The zero-order chi connectivity index (χ0) is 36.3. The van der Waals surface area contributed by atoms with E-state index < -0.39 is 5.41 Å². The molecule has 2 heteroatoms. The van der Waals surface area contributed by atoms with Crippen LogP contribution in [0.2, 0.25) is 0 Å². The summed E-state index contributed by atoms with van der Waals surface area (Å²) < 4.78 is 2.39. The van der Waals surface area contributed by atoms with Crippen LogP contribution < -0.4 is 4.90 Å². The van der Waals surface area contributed by atoms with E-state index in [0.717, 1.165) is 22.7 Å². The fourth-order valence-corrected chi connectivity index (χ4v) is 9.36. The fourth-order valence-electron chi connectivity index (χ4n) is 9.36. The first-order chi connectivity index (χ1) is 27.3. The lowest BCUT2D eigenvalue weighted by Crippen LogP contribution is -2.28. The van der Waals surface area contributed by atoms with Crippen LogP contribution >= 0.6 is 0 Å². The Labute approximate surface area is 320 Å². The van der Waals surface area contributed by atoms with Crippen molar-refractivity contribution in [1.29, 1.82) is 0 Å². The molecular weight excluding hydrogens is 665 g/mol. The molecular formula is C53H36N2.